The third-order valence-electron chi connectivity index (χ3n) is 2.89. The number of anilines is 1. The number of nitrogens with two attached hydrogens (primary N) is 1. The summed E-state index contributed by atoms with van der Waals surface area (Å²) < 4.78 is 28.2. The summed E-state index contributed by atoms with van der Waals surface area (Å²) in [5.74, 6) is -0.267. The number of hydrogen-bond acceptors (Lipinski definition) is 4. The average molecular weight is 385 g/mol. The number of aromatic nitrogens is 1. The molecule has 0 saturated carbocycles. The molecule has 1 unspecified atom stereocenters. The maximum Gasteiger partial charge on any atom is 0.182 e. The van der Waals surface area contributed by atoms with Gasteiger partial charge in [-0.25, -0.2) is 9.37 Å². The van der Waals surface area contributed by atoms with Crippen LogP contribution in [0.15, 0.2) is 45.2 Å². The fraction of sp³-hybridized carbons (Fsp3) is 0.0714. The molecular weight excluding hydrogens is 375 g/mol. The van der Waals surface area contributed by atoms with Gasteiger partial charge in [0, 0.05) is 15.7 Å². The lowest BCUT2D eigenvalue weighted by Gasteiger charge is -2.02. The van der Waals surface area contributed by atoms with Crippen LogP contribution in [0.4, 0.5) is 10.1 Å². The van der Waals surface area contributed by atoms with Crippen molar-refractivity contribution in [3.05, 3.63) is 52.3 Å². The van der Waals surface area contributed by atoms with E-state index in [9.17, 15) is 8.60 Å². The summed E-state index contributed by atoms with van der Waals surface area (Å²) in [6, 6.07) is 10.1. The molecule has 3 nitrogen and oxygen atoms in total. The van der Waals surface area contributed by atoms with Gasteiger partial charge in [0.15, 0.2) is 4.34 Å². The molecule has 1 atom stereocenters. The van der Waals surface area contributed by atoms with Crippen LogP contribution in [0.3, 0.4) is 0 Å². The van der Waals surface area contributed by atoms with Gasteiger partial charge in [-0.3, -0.25) is 4.21 Å². The van der Waals surface area contributed by atoms with Crippen LogP contribution < -0.4 is 5.73 Å². The number of rotatable bonds is 3. The normalized spacial score (nSPS) is 12.7. The highest BCUT2D eigenvalue weighted by molar-refractivity contribution is 9.10. The van der Waals surface area contributed by atoms with Gasteiger partial charge in [0.2, 0.25) is 0 Å². The van der Waals surface area contributed by atoms with Gasteiger partial charge in [0.25, 0.3) is 0 Å². The predicted octanol–water partition coefficient (Wildman–Crippen LogP) is 4.09. The van der Waals surface area contributed by atoms with Crippen molar-refractivity contribution < 1.29 is 8.60 Å². The van der Waals surface area contributed by atoms with Crippen LogP contribution in [0.25, 0.3) is 10.2 Å². The highest BCUT2D eigenvalue weighted by Crippen LogP contribution is 2.28. The van der Waals surface area contributed by atoms with Gasteiger partial charge in [-0.1, -0.05) is 22.0 Å². The van der Waals surface area contributed by atoms with E-state index >= 15 is 0 Å². The van der Waals surface area contributed by atoms with E-state index in [-0.39, 0.29) is 11.6 Å². The molecule has 7 heteroatoms. The molecule has 1 aromatic heterocycles. The SMILES string of the molecule is Nc1ccc2nc(S(=O)Cc3ccc(Br)cc3F)sc2c1. The standard InChI is InChI=1S/C14H10BrFN2OS2/c15-9-2-1-8(11(16)5-9)7-21(19)14-18-12-4-3-10(17)6-13(12)20-14/h1-6H,7,17H2. The zero-order chi connectivity index (χ0) is 15.0. The van der Waals surface area contributed by atoms with Crippen LogP contribution in [0.2, 0.25) is 0 Å². The Labute approximate surface area is 135 Å². The maximum absolute atomic E-state index is 13.8. The lowest BCUT2D eigenvalue weighted by atomic mass is 10.2. The van der Waals surface area contributed by atoms with Crippen molar-refractivity contribution in [3.63, 3.8) is 0 Å². The zero-order valence-corrected chi connectivity index (χ0v) is 13.9. The molecule has 3 aromatic rings. The minimum atomic E-state index is -1.38. The van der Waals surface area contributed by atoms with E-state index < -0.39 is 10.8 Å². The van der Waals surface area contributed by atoms with Crippen molar-refractivity contribution in [1.82, 2.24) is 4.98 Å². The van der Waals surface area contributed by atoms with E-state index in [0.717, 1.165) is 10.2 Å². The largest absolute Gasteiger partial charge is 0.399 e. The third kappa shape index (κ3) is 3.14. The van der Waals surface area contributed by atoms with Crippen LogP contribution in [0.1, 0.15) is 5.56 Å². The highest BCUT2D eigenvalue weighted by Gasteiger charge is 2.14. The van der Waals surface area contributed by atoms with Gasteiger partial charge < -0.3 is 5.73 Å². The van der Waals surface area contributed by atoms with Crippen molar-refractivity contribution in [3.8, 4) is 0 Å². The summed E-state index contributed by atoms with van der Waals surface area (Å²) >= 11 is 4.52. The Bertz CT molecular complexity index is 850. The smallest absolute Gasteiger partial charge is 0.182 e. The van der Waals surface area contributed by atoms with Gasteiger partial charge in [0.1, 0.15) is 5.82 Å². The van der Waals surface area contributed by atoms with Crippen molar-refractivity contribution in [2.24, 2.45) is 0 Å². The minimum Gasteiger partial charge on any atom is -0.399 e. The third-order valence-corrected chi connectivity index (χ3v) is 6.06. The van der Waals surface area contributed by atoms with E-state index in [2.05, 4.69) is 20.9 Å². The molecular formula is C14H10BrFN2OS2. The van der Waals surface area contributed by atoms with Crippen molar-refractivity contribution in [1.29, 1.82) is 0 Å². The summed E-state index contributed by atoms with van der Waals surface area (Å²) in [6.45, 7) is 0. The summed E-state index contributed by atoms with van der Waals surface area (Å²) in [7, 11) is -1.38. The van der Waals surface area contributed by atoms with Gasteiger partial charge in [0.05, 0.1) is 26.8 Å². The van der Waals surface area contributed by atoms with Crippen LogP contribution in [0, 0.1) is 5.82 Å². The minimum absolute atomic E-state index is 0.106. The Hall–Kier alpha value is -1.31. The van der Waals surface area contributed by atoms with Crippen molar-refractivity contribution in [2.45, 2.75) is 10.1 Å². The molecule has 0 spiro atoms. The van der Waals surface area contributed by atoms with Gasteiger partial charge >= 0.3 is 0 Å². The van der Waals surface area contributed by atoms with E-state index in [0.29, 0.717) is 20.1 Å². The molecule has 0 aliphatic rings. The molecule has 108 valence electrons. The second-order valence-electron chi connectivity index (χ2n) is 4.43. The van der Waals surface area contributed by atoms with E-state index in [1.54, 1.807) is 30.3 Å². The number of nitrogens with zero attached hydrogens (tertiary/aromatic N) is 1. The Balaban J connectivity index is 1.89. The number of nitrogen functional groups attached to an aromatic ring is 1. The second kappa shape index (κ2) is 5.82. The van der Waals surface area contributed by atoms with Crippen LogP contribution in [-0.2, 0) is 16.6 Å². The van der Waals surface area contributed by atoms with Gasteiger partial charge in [-0.15, -0.1) is 11.3 Å². The Morgan fingerprint density at radius 3 is 2.86 bits per heavy atom. The van der Waals surface area contributed by atoms with E-state index in [1.807, 2.05) is 0 Å². The first-order chi connectivity index (χ1) is 10.0. The fourth-order valence-electron chi connectivity index (χ4n) is 1.86. The van der Waals surface area contributed by atoms with Crippen LogP contribution >= 0.6 is 27.3 Å². The Morgan fingerprint density at radius 2 is 2.10 bits per heavy atom. The van der Waals surface area contributed by atoms with Crippen molar-refractivity contribution >= 4 is 54.0 Å². The quantitative estimate of drug-likeness (QED) is 0.691. The average Bonchev–Trinajstić information content (AvgIpc) is 2.85. The predicted molar refractivity (Wildman–Crippen MR) is 88.2 cm³/mol. The number of halogens is 2. The maximum atomic E-state index is 13.8. The zero-order valence-electron chi connectivity index (χ0n) is 10.7. The molecule has 3 rings (SSSR count). The topological polar surface area (TPSA) is 56.0 Å². The Kier molecular flexibility index (Phi) is 4.05. The molecule has 0 amide bonds. The molecule has 0 aliphatic heterocycles. The number of benzene rings is 2. The Morgan fingerprint density at radius 1 is 1.29 bits per heavy atom. The molecule has 0 bridgehead atoms. The molecule has 21 heavy (non-hydrogen) atoms. The first-order valence-electron chi connectivity index (χ1n) is 6.01. The second-order valence-corrected chi connectivity index (χ2v) is 8.00. The first kappa shape index (κ1) is 14.6. The molecule has 0 fully saturated rings. The van der Waals surface area contributed by atoms with E-state index in [1.165, 1.54) is 17.4 Å². The lowest BCUT2D eigenvalue weighted by Crippen LogP contribution is -1.98. The van der Waals surface area contributed by atoms with Crippen LogP contribution in [-0.4, -0.2) is 9.19 Å². The molecule has 1 heterocycles. The van der Waals surface area contributed by atoms with Gasteiger partial charge in [-0.2, -0.15) is 0 Å². The number of thiazole rings is 1. The molecule has 2 aromatic carbocycles. The molecule has 0 aliphatic carbocycles. The van der Waals surface area contributed by atoms with Crippen LogP contribution in [0.5, 0.6) is 0 Å². The summed E-state index contributed by atoms with van der Waals surface area (Å²) in [5, 5.41) is 0. The summed E-state index contributed by atoms with van der Waals surface area (Å²) in [5.41, 5.74) is 7.53. The number of fused-ring (bicyclic) bond motifs is 1. The molecule has 0 saturated heterocycles. The monoisotopic (exact) mass is 384 g/mol. The van der Waals surface area contributed by atoms with Crippen molar-refractivity contribution in [2.75, 3.05) is 5.73 Å². The molecule has 2 N–H and O–H groups in total. The lowest BCUT2D eigenvalue weighted by molar-refractivity contribution is 0.614. The highest BCUT2D eigenvalue weighted by atomic mass is 79.9. The van der Waals surface area contributed by atoms with E-state index in [4.69, 9.17) is 5.73 Å². The summed E-state index contributed by atoms with van der Waals surface area (Å²) in [6.07, 6.45) is 0. The number of hydrogen-bond donors (Lipinski definition) is 1. The fourth-order valence-corrected chi connectivity index (χ4v) is 4.60. The molecule has 0 radical (unpaired) electrons. The van der Waals surface area contributed by atoms with Gasteiger partial charge in [-0.05, 0) is 30.3 Å². The first-order valence-corrected chi connectivity index (χ1v) is 8.94. The summed E-state index contributed by atoms with van der Waals surface area (Å²) in [4.78, 5) is 4.33.